The first kappa shape index (κ1) is 11.7. The molecule has 2 nitrogen and oxygen atoms in total. The van der Waals surface area contributed by atoms with Crippen molar-refractivity contribution in [1.29, 1.82) is 5.26 Å². The Morgan fingerprint density at radius 1 is 1.27 bits per heavy atom. The highest BCUT2D eigenvalue weighted by Gasteiger charge is 2.07. The smallest absolute Gasteiger partial charge is 0.0991 e. The lowest BCUT2D eigenvalue weighted by Crippen LogP contribution is -2.29. The fraction of sp³-hybridized carbons (Fsp3) is 0.462. The van der Waals surface area contributed by atoms with E-state index >= 15 is 0 Å². The summed E-state index contributed by atoms with van der Waals surface area (Å²) in [5.41, 5.74) is 2.00. The van der Waals surface area contributed by atoms with Crippen LogP contribution in [0.15, 0.2) is 24.3 Å². The van der Waals surface area contributed by atoms with E-state index < -0.39 is 0 Å². The molecule has 1 aromatic carbocycles. The standard InChI is InChI=1S/C13H18N2/c1-4-15(11(2)3)10-13-7-5-12(9-14)6-8-13/h5-8,11H,4,10H2,1-3H3. The predicted octanol–water partition coefficient (Wildman–Crippen LogP) is 2.79. The van der Waals surface area contributed by atoms with Gasteiger partial charge in [0.05, 0.1) is 11.6 Å². The van der Waals surface area contributed by atoms with Gasteiger partial charge in [0.2, 0.25) is 0 Å². The third-order valence-corrected chi connectivity index (χ3v) is 2.61. The molecule has 0 saturated heterocycles. The van der Waals surface area contributed by atoms with Gasteiger partial charge in [0.25, 0.3) is 0 Å². The molecule has 1 aromatic rings. The first-order valence-corrected chi connectivity index (χ1v) is 5.40. The molecule has 0 spiro atoms. The quantitative estimate of drug-likeness (QED) is 0.750. The molecule has 0 bridgehead atoms. The molecule has 0 fully saturated rings. The van der Waals surface area contributed by atoms with E-state index in [2.05, 4.69) is 31.7 Å². The van der Waals surface area contributed by atoms with E-state index in [9.17, 15) is 0 Å². The molecule has 0 unspecified atom stereocenters. The Morgan fingerprint density at radius 2 is 1.87 bits per heavy atom. The van der Waals surface area contributed by atoms with E-state index in [1.807, 2.05) is 24.3 Å². The van der Waals surface area contributed by atoms with Crippen molar-refractivity contribution in [3.05, 3.63) is 35.4 Å². The van der Waals surface area contributed by atoms with Gasteiger partial charge in [0.1, 0.15) is 0 Å². The zero-order valence-corrected chi connectivity index (χ0v) is 9.70. The molecule has 0 amide bonds. The Hall–Kier alpha value is -1.33. The van der Waals surface area contributed by atoms with Crippen LogP contribution in [0.1, 0.15) is 31.9 Å². The van der Waals surface area contributed by atoms with Gasteiger partial charge in [-0.2, -0.15) is 5.26 Å². The summed E-state index contributed by atoms with van der Waals surface area (Å²) in [5.74, 6) is 0. The van der Waals surface area contributed by atoms with E-state index in [1.54, 1.807) is 0 Å². The fourth-order valence-electron chi connectivity index (χ4n) is 1.58. The van der Waals surface area contributed by atoms with Crippen molar-refractivity contribution < 1.29 is 0 Å². The van der Waals surface area contributed by atoms with Crippen LogP contribution in [0.25, 0.3) is 0 Å². The van der Waals surface area contributed by atoms with Crippen LogP contribution in [0.5, 0.6) is 0 Å². The molecule has 80 valence electrons. The summed E-state index contributed by atoms with van der Waals surface area (Å²) in [6.45, 7) is 8.58. The Morgan fingerprint density at radius 3 is 2.27 bits per heavy atom. The summed E-state index contributed by atoms with van der Waals surface area (Å²) in [6, 6.07) is 10.5. The monoisotopic (exact) mass is 202 g/mol. The number of hydrogen-bond donors (Lipinski definition) is 0. The third-order valence-electron chi connectivity index (χ3n) is 2.61. The topological polar surface area (TPSA) is 27.0 Å². The van der Waals surface area contributed by atoms with Crippen molar-refractivity contribution in [2.24, 2.45) is 0 Å². The SMILES string of the molecule is CCN(Cc1ccc(C#N)cc1)C(C)C. The van der Waals surface area contributed by atoms with Gasteiger partial charge in [-0.3, -0.25) is 4.90 Å². The first-order chi connectivity index (χ1) is 7.17. The Bertz CT molecular complexity index is 333. The van der Waals surface area contributed by atoms with Crippen LogP contribution < -0.4 is 0 Å². The second kappa shape index (κ2) is 5.53. The van der Waals surface area contributed by atoms with Crippen molar-refractivity contribution in [2.75, 3.05) is 6.54 Å². The molecule has 0 saturated carbocycles. The molecule has 0 aliphatic heterocycles. The number of benzene rings is 1. The van der Waals surface area contributed by atoms with Gasteiger partial charge in [0.15, 0.2) is 0 Å². The normalized spacial score (nSPS) is 10.7. The number of nitriles is 1. The minimum absolute atomic E-state index is 0.561. The highest BCUT2D eigenvalue weighted by atomic mass is 15.1. The van der Waals surface area contributed by atoms with E-state index in [4.69, 9.17) is 5.26 Å². The van der Waals surface area contributed by atoms with Crippen molar-refractivity contribution in [2.45, 2.75) is 33.4 Å². The lowest BCUT2D eigenvalue weighted by Gasteiger charge is -2.24. The molecule has 0 radical (unpaired) electrons. The average Bonchev–Trinajstić information content (AvgIpc) is 2.26. The molecule has 15 heavy (non-hydrogen) atoms. The van der Waals surface area contributed by atoms with Crippen LogP contribution in [0, 0.1) is 11.3 Å². The van der Waals surface area contributed by atoms with Gasteiger partial charge in [-0.1, -0.05) is 19.1 Å². The van der Waals surface area contributed by atoms with Crippen LogP contribution >= 0.6 is 0 Å². The summed E-state index contributed by atoms with van der Waals surface area (Å²) in [6.07, 6.45) is 0. The molecule has 2 heteroatoms. The largest absolute Gasteiger partial charge is 0.297 e. The molecule has 0 aliphatic carbocycles. The fourth-order valence-corrected chi connectivity index (χ4v) is 1.58. The molecular formula is C13H18N2. The van der Waals surface area contributed by atoms with E-state index in [1.165, 1.54) is 5.56 Å². The zero-order valence-electron chi connectivity index (χ0n) is 9.70. The van der Waals surface area contributed by atoms with Crippen LogP contribution in [0.3, 0.4) is 0 Å². The minimum atomic E-state index is 0.561. The maximum atomic E-state index is 8.68. The lowest BCUT2D eigenvalue weighted by molar-refractivity contribution is 0.225. The maximum absolute atomic E-state index is 8.68. The summed E-state index contributed by atoms with van der Waals surface area (Å²) in [7, 11) is 0. The highest BCUT2D eigenvalue weighted by molar-refractivity contribution is 5.31. The number of rotatable bonds is 4. The molecule has 1 rings (SSSR count). The molecule has 0 heterocycles. The molecule has 0 atom stereocenters. The van der Waals surface area contributed by atoms with Crippen LogP contribution in [-0.4, -0.2) is 17.5 Å². The van der Waals surface area contributed by atoms with Gasteiger partial charge in [0, 0.05) is 12.6 Å². The van der Waals surface area contributed by atoms with Gasteiger partial charge >= 0.3 is 0 Å². The lowest BCUT2D eigenvalue weighted by atomic mass is 10.1. The minimum Gasteiger partial charge on any atom is -0.297 e. The summed E-state index contributed by atoms with van der Waals surface area (Å²) >= 11 is 0. The zero-order chi connectivity index (χ0) is 11.3. The third kappa shape index (κ3) is 3.38. The van der Waals surface area contributed by atoms with Crippen LogP contribution in [-0.2, 0) is 6.54 Å². The highest BCUT2D eigenvalue weighted by Crippen LogP contribution is 2.09. The van der Waals surface area contributed by atoms with Gasteiger partial charge < -0.3 is 0 Å². The van der Waals surface area contributed by atoms with Crippen LogP contribution in [0.2, 0.25) is 0 Å². The Labute approximate surface area is 92.1 Å². The van der Waals surface area contributed by atoms with Crippen molar-refractivity contribution in [3.8, 4) is 6.07 Å². The van der Waals surface area contributed by atoms with Crippen molar-refractivity contribution >= 4 is 0 Å². The van der Waals surface area contributed by atoms with E-state index in [0.717, 1.165) is 18.7 Å². The Kier molecular flexibility index (Phi) is 4.33. The summed E-state index contributed by atoms with van der Waals surface area (Å²) in [4.78, 5) is 2.39. The molecular weight excluding hydrogens is 184 g/mol. The number of nitrogens with zero attached hydrogens (tertiary/aromatic N) is 2. The van der Waals surface area contributed by atoms with Gasteiger partial charge in [-0.15, -0.1) is 0 Å². The van der Waals surface area contributed by atoms with Gasteiger partial charge in [-0.05, 0) is 38.1 Å². The van der Waals surface area contributed by atoms with Crippen LogP contribution in [0.4, 0.5) is 0 Å². The van der Waals surface area contributed by atoms with Crippen molar-refractivity contribution in [3.63, 3.8) is 0 Å². The first-order valence-electron chi connectivity index (χ1n) is 5.40. The second-order valence-corrected chi connectivity index (χ2v) is 3.97. The predicted molar refractivity (Wildman–Crippen MR) is 62.4 cm³/mol. The van der Waals surface area contributed by atoms with E-state index in [-0.39, 0.29) is 0 Å². The number of hydrogen-bond acceptors (Lipinski definition) is 2. The summed E-state index contributed by atoms with van der Waals surface area (Å²) < 4.78 is 0. The average molecular weight is 202 g/mol. The molecule has 0 aliphatic rings. The van der Waals surface area contributed by atoms with Crippen molar-refractivity contribution in [1.82, 2.24) is 4.90 Å². The summed E-state index contributed by atoms with van der Waals surface area (Å²) in [5, 5.41) is 8.68. The Balaban J connectivity index is 2.68. The molecule has 0 aromatic heterocycles. The maximum Gasteiger partial charge on any atom is 0.0991 e. The van der Waals surface area contributed by atoms with Gasteiger partial charge in [-0.25, -0.2) is 0 Å². The molecule has 0 N–H and O–H groups in total. The second-order valence-electron chi connectivity index (χ2n) is 3.97. The van der Waals surface area contributed by atoms with E-state index in [0.29, 0.717) is 6.04 Å².